The second-order valence-electron chi connectivity index (χ2n) is 7.49. The van der Waals surface area contributed by atoms with Crippen molar-refractivity contribution in [1.29, 1.82) is 0 Å². The minimum atomic E-state index is -4.32. The zero-order valence-electron chi connectivity index (χ0n) is 16.7. The first-order valence-electron chi connectivity index (χ1n) is 9.73. The van der Waals surface area contributed by atoms with Gasteiger partial charge in [0.25, 0.3) is 0 Å². The normalized spacial score (nSPS) is 17.1. The van der Waals surface area contributed by atoms with Crippen LogP contribution < -0.4 is 5.32 Å². The van der Waals surface area contributed by atoms with Crippen LogP contribution in [0.15, 0.2) is 48.5 Å². The molecule has 4 nitrogen and oxygen atoms in total. The predicted octanol–water partition coefficient (Wildman–Crippen LogP) is 4.16. The molecule has 3 rings (SSSR count). The number of nitrogens with zero attached hydrogens (tertiary/aromatic N) is 2. The molecule has 1 heterocycles. The van der Waals surface area contributed by atoms with Gasteiger partial charge in [0.05, 0.1) is 11.6 Å². The Labute approximate surface area is 169 Å². The summed E-state index contributed by atoms with van der Waals surface area (Å²) in [5.41, 5.74) is 1.86. The number of carbonyl (C=O) groups excluding carboxylic acids is 1. The maximum Gasteiger partial charge on any atom is 0.416 e. The standard InChI is InChI=1S/C22H26F3N3O/c1-16-6-3-4-9-20(16)26-21(29)17(2)28-12-10-27(11-13-28)15-18-7-5-8-19(14-18)22(23,24)25/h3-9,14,17H,10-13,15H2,1-2H3,(H,26,29). The second-order valence-corrected chi connectivity index (χ2v) is 7.49. The van der Waals surface area contributed by atoms with Crippen LogP contribution in [0.5, 0.6) is 0 Å². The Morgan fingerprint density at radius 3 is 2.41 bits per heavy atom. The molecule has 1 saturated heterocycles. The minimum absolute atomic E-state index is 0.0503. The van der Waals surface area contributed by atoms with E-state index in [-0.39, 0.29) is 11.9 Å². The summed E-state index contributed by atoms with van der Waals surface area (Å²) in [5, 5.41) is 2.98. The first-order chi connectivity index (χ1) is 13.7. The largest absolute Gasteiger partial charge is 0.416 e. The number of piperazine rings is 1. The number of alkyl halides is 3. The number of amides is 1. The van der Waals surface area contributed by atoms with Crippen molar-refractivity contribution in [2.75, 3.05) is 31.5 Å². The van der Waals surface area contributed by atoms with Crippen molar-refractivity contribution in [3.63, 3.8) is 0 Å². The summed E-state index contributed by atoms with van der Waals surface area (Å²) in [5.74, 6) is -0.0503. The second kappa shape index (κ2) is 8.97. The first kappa shape index (κ1) is 21.3. The zero-order chi connectivity index (χ0) is 21.0. The van der Waals surface area contributed by atoms with E-state index in [1.54, 1.807) is 6.07 Å². The molecule has 1 atom stereocenters. The molecule has 0 aromatic heterocycles. The van der Waals surface area contributed by atoms with E-state index >= 15 is 0 Å². The summed E-state index contributed by atoms with van der Waals surface area (Å²) in [4.78, 5) is 16.8. The fourth-order valence-electron chi connectivity index (χ4n) is 3.53. The molecule has 0 bridgehead atoms. The molecule has 1 amide bonds. The smallest absolute Gasteiger partial charge is 0.324 e. The lowest BCUT2D eigenvalue weighted by Crippen LogP contribution is -2.52. The number of benzene rings is 2. The maximum absolute atomic E-state index is 12.9. The molecule has 1 aliphatic heterocycles. The topological polar surface area (TPSA) is 35.6 Å². The number of hydrogen-bond donors (Lipinski definition) is 1. The SMILES string of the molecule is Cc1ccccc1NC(=O)C(C)N1CCN(Cc2cccc(C(F)(F)F)c2)CC1. The quantitative estimate of drug-likeness (QED) is 0.812. The van der Waals surface area contributed by atoms with E-state index in [4.69, 9.17) is 0 Å². The molecular formula is C22H26F3N3O. The van der Waals surface area contributed by atoms with Gasteiger partial charge in [-0.05, 0) is 37.1 Å². The summed E-state index contributed by atoms with van der Waals surface area (Å²) >= 11 is 0. The molecule has 0 spiro atoms. The molecule has 1 unspecified atom stereocenters. The number of aryl methyl sites for hydroxylation is 1. The molecule has 1 aliphatic rings. The van der Waals surface area contributed by atoms with Gasteiger partial charge in [-0.1, -0.05) is 36.4 Å². The number of rotatable bonds is 5. The van der Waals surface area contributed by atoms with Crippen LogP contribution in [-0.4, -0.2) is 47.9 Å². The fourth-order valence-corrected chi connectivity index (χ4v) is 3.53. The van der Waals surface area contributed by atoms with Crippen LogP contribution in [0.1, 0.15) is 23.6 Å². The lowest BCUT2D eigenvalue weighted by Gasteiger charge is -2.37. The van der Waals surface area contributed by atoms with E-state index < -0.39 is 11.7 Å². The zero-order valence-corrected chi connectivity index (χ0v) is 16.7. The Bertz CT molecular complexity index is 845. The monoisotopic (exact) mass is 405 g/mol. The van der Waals surface area contributed by atoms with Gasteiger partial charge >= 0.3 is 6.18 Å². The highest BCUT2D eigenvalue weighted by molar-refractivity contribution is 5.95. The van der Waals surface area contributed by atoms with E-state index in [9.17, 15) is 18.0 Å². The molecule has 0 aliphatic carbocycles. The third-order valence-corrected chi connectivity index (χ3v) is 5.40. The number of anilines is 1. The predicted molar refractivity (Wildman–Crippen MR) is 108 cm³/mol. The third-order valence-electron chi connectivity index (χ3n) is 5.40. The summed E-state index contributed by atoms with van der Waals surface area (Å²) in [6.07, 6.45) is -4.32. The number of nitrogens with one attached hydrogen (secondary N) is 1. The van der Waals surface area contributed by atoms with Crippen LogP contribution in [0.25, 0.3) is 0 Å². The van der Waals surface area contributed by atoms with Crippen LogP contribution in [0.3, 0.4) is 0 Å². The molecule has 7 heteroatoms. The van der Waals surface area contributed by atoms with Crippen LogP contribution in [0.4, 0.5) is 18.9 Å². The Hall–Kier alpha value is -2.38. The van der Waals surface area contributed by atoms with Crippen molar-refractivity contribution >= 4 is 11.6 Å². The Morgan fingerprint density at radius 2 is 1.76 bits per heavy atom. The molecule has 156 valence electrons. The molecule has 2 aromatic carbocycles. The highest BCUT2D eigenvalue weighted by Crippen LogP contribution is 2.29. The highest BCUT2D eigenvalue weighted by Gasteiger charge is 2.31. The Morgan fingerprint density at radius 1 is 1.07 bits per heavy atom. The van der Waals surface area contributed by atoms with Gasteiger partial charge in [0, 0.05) is 38.4 Å². The van der Waals surface area contributed by atoms with Crippen molar-refractivity contribution in [2.24, 2.45) is 0 Å². The fraction of sp³-hybridized carbons (Fsp3) is 0.409. The maximum atomic E-state index is 12.9. The van der Waals surface area contributed by atoms with Gasteiger partial charge in [-0.15, -0.1) is 0 Å². The molecular weight excluding hydrogens is 379 g/mol. The lowest BCUT2D eigenvalue weighted by molar-refractivity contribution is -0.137. The summed E-state index contributed by atoms with van der Waals surface area (Å²) in [7, 11) is 0. The number of halogens is 3. The van der Waals surface area contributed by atoms with E-state index in [2.05, 4.69) is 15.1 Å². The van der Waals surface area contributed by atoms with E-state index in [1.165, 1.54) is 12.1 Å². The number of hydrogen-bond acceptors (Lipinski definition) is 3. The van der Waals surface area contributed by atoms with E-state index in [0.717, 1.165) is 17.3 Å². The summed E-state index contributed by atoms with van der Waals surface area (Å²) in [6, 6.07) is 12.9. The first-order valence-corrected chi connectivity index (χ1v) is 9.73. The van der Waals surface area contributed by atoms with Gasteiger partial charge in [-0.2, -0.15) is 13.2 Å². The highest BCUT2D eigenvalue weighted by atomic mass is 19.4. The van der Waals surface area contributed by atoms with Crippen LogP contribution >= 0.6 is 0 Å². The van der Waals surface area contributed by atoms with Crippen molar-refractivity contribution in [2.45, 2.75) is 32.6 Å². The van der Waals surface area contributed by atoms with Crippen molar-refractivity contribution in [1.82, 2.24) is 9.80 Å². The molecule has 0 saturated carbocycles. The molecule has 29 heavy (non-hydrogen) atoms. The molecule has 2 aromatic rings. The van der Waals surface area contributed by atoms with Gasteiger partial charge in [-0.25, -0.2) is 0 Å². The van der Waals surface area contributed by atoms with Crippen molar-refractivity contribution in [3.05, 3.63) is 65.2 Å². The van der Waals surface area contributed by atoms with Crippen molar-refractivity contribution in [3.8, 4) is 0 Å². The minimum Gasteiger partial charge on any atom is -0.324 e. The van der Waals surface area contributed by atoms with E-state index in [1.807, 2.05) is 38.1 Å². The van der Waals surface area contributed by atoms with Gasteiger partial charge in [-0.3, -0.25) is 14.6 Å². The van der Waals surface area contributed by atoms with Gasteiger partial charge in [0.1, 0.15) is 0 Å². The third kappa shape index (κ3) is 5.58. The van der Waals surface area contributed by atoms with Crippen LogP contribution in [-0.2, 0) is 17.5 Å². The van der Waals surface area contributed by atoms with Crippen LogP contribution in [0, 0.1) is 6.92 Å². The number of para-hydroxylation sites is 1. The Kier molecular flexibility index (Phi) is 6.59. The van der Waals surface area contributed by atoms with E-state index in [0.29, 0.717) is 38.3 Å². The molecule has 1 fully saturated rings. The van der Waals surface area contributed by atoms with Crippen molar-refractivity contribution < 1.29 is 18.0 Å². The van der Waals surface area contributed by atoms with Gasteiger partial charge in [0.15, 0.2) is 0 Å². The average Bonchev–Trinajstić information content (AvgIpc) is 2.69. The Balaban J connectivity index is 1.52. The van der Waals surface area contributed by atoms with Gasteiger partial charge < -0.3 is 5.32 Å². The lowest BCUT2D eigenvalue weighted by atomic mass is 10.1. The molecule has 0 radical (unpaired) electrons. The molecule has 1 N–H and O–H groups in total. The average molecular weight is 405 g/mol. The summed E-state index contributed by atoms with van der Waals surface area (Å²) < 4.78 is 38.7. The summed E-state index contributed by atoms with van der Waals surface area (Å²) in [6.45, 7) is 7.11. The van der Waals surface area contributed by atoms with Gasteiger partial charge in [0.2, 0.25) is 5.91 Å². The van der Waals surface area contributed by atoms with Crippen LogP contribution in [0.2, 0.25) is 0 Å². The number of carbonyl (C=O) groups is 1.